The summed E-state index contributed by atoms with van der Waals surface area (Å²) in [4.78, 5) is 17.6. The largest absolute Gasteiger partial charge is 0.493 e. The molecule has 0 amide bonds. The van der Waals surface area contributed by atoms with Gasteiger partial charge in [0, 0.05) is 54.1 Å². The van der Waals surface area contributed by atoms with E-state index in [0.29, 0.717) is 36.1 Å². The van der Waals surface area contributed by atoms with E-state index in [1.165, 1.54) is 0 Å². The van der Waals surface area contributed by atoms with E-state index in [9.17, 15) is 4.79 Å². The van der Waals surface area contributed by atoms with Gasteiger partial charge in [0.2, 0.25) is 0 Å². The molecule has 31 heavy (non-hydrogen) atoms. The molecule has 0 unspecified atom stereocenters. The summed E-state index contributed by atoms with van der Waals surface area (Å²) in [7, 11) is 0. The molecule has 2 N–H and O–H groups in total. The SMILES string of the molecule is O=c1c(Cc2cccnc2)cn2c3c(cc(OCCCO)cc13)Nc1cc(Br)ccc1-2. The highest BCUT2D eigenvalue weighted by atomic mass is 79.9. The van der Waals surface area contributed by atoms with Crippen LogP contribution in [0.25, 0.3) is 16.6 Å². The second kappa shape index (κ2) is 8.17. The van der Waals surface area contributed by atoms with Crippen LogP contribution in [0.5, 0.6) is 5.75 Å². The first-order valence-electron chi connectivity index (χ1n) is 10.1. The van der Waals surface area contributed by atoms with Crippen molar-refractivity contribution >= 4 is 38.2 Å². The third-order valence-corrected chi connectivity index (χ3v) is 5.81. The number of hydrogen-bond acceptors (Lipinski definition) is 5. The van der Waals surface area contributed by atoms with Crippen molar-refractivity contribution in [2.24, 2.45) is 0 Å². The van der Waals surface area contributed by atoms with Gasteiger partial charge < -0.3 is 19.7 Å². The fraction of sp³-hybridized carbons (Fsp3) is 0.167. The summed E-state index contributed by atoms with van der Waals surface area (Å²) in [6.07, 6.45) is 6.46. The van der Waals surface area contributed by atoms with Crippen LogP contribution >= 0.6 is 15.9 Å². The van der Waals surface area contributed by atoms with E-state index in [1.54, 1.807) is 18.5 Å². The average Bonchev–Trinajstić information content (AvgIpc) is 2.77. The van der Waals surface area contributed by atoms with Gasteiger partial charge in [-0.3, -0.25) is 9.78 Å². The molecule has 156 valence electrons. The van der Waals surface area contributed by atoms with Crippen LogP contribution in [-0.4, -0.2) is 27.9 Å². The van der Waals surface area contributed by atoms with Gasteiger partial charge in [0.25, 0.3) is 0 Å². The van der Waals surface area contributed by atoms with Crippen molar-refractivity contribution in [3.8, 4) is 11.4 Å². The Balaban J connectivity index is 1.73. The average molecular weight is 478 g/mol. The van der Waals surface area contributed by atoms with Crippen LogP contribution in [0.1, 0.15) is 17.5 Å². The van der Waals surface area contributed by atoms with Crippen molar-refractivity contribution in [3.63, 3.8) is 0 Å². The van der Waals surface area contributed by atoms with Crippen molar-refractivity contribution in [1.29, 1.82) is 0 Å². The second-order valence-corrected chi connectivity index (χ2v) is 8.39. The molecule has 1 aliphatic heterocycles. The predicted molar refractivity (Wildman–Crippen MR) is 125 cm³/mol. The Labute approximate surface area is 187 Å². The van der Waals surface area contributed by atoms with Crippen molar-refractivity contribution in [3.05, 3.63) is 86.9 Å². The summed E-state index contributed by atoms with van der Waals surface area (Å²) in [5.74, 6) is 0.601. The summed E-state index contributed by atoms with van der Waals surface area (Å²) in [6.45, 7) is 0.440. The quantitative estimate of drug-likeness (QED) is 0.350. The van der Waals surface area contributed by atoms with E-state index >= 15 is 0 Å². The van der Waals surface area contributed by atoms with E-state index in [4.69, 9.17) is 9.84 Å². The summed E-state index contributed by atoms with van der Waals surface area (Å²) in [6, 6.07) is 13.6. The van der Waals surface area contributed by atoms with Gasteiger partial charge in [0.15, 0.2) is 5.43 Å². The maximum atomic E-state index is 13.5. The molecule has 6 nitrogen and oxygen atoms in total. The number of nitrogens with one attached hydrogen (secondary N) is 1. The molecule has 5 rings (SSSR count). The van der Waals surface area contributed by atoms with Crippen LogP contribution in [-0.2, 0) is 6.42 Å². The van der Waals surface area contributed by atoms with Crippen molar-refractivity contribution < 1.29 is 9.84 Å². The number of ether oxygens (including phenoxy) is 1. The van der Waals surface area contributed by atoms with Gasteiger partial charge in [-0.15, -0.1) is 0 Å². The molecule has 1 aliphatic rings. The predicted octanol–water partition coefficient (Wildman–Crippen LogP) is 4.56. The Morgan fingerprint density at radius 1 is 1.16 bits per heavy atom. The monoisotopic (exact) mass is 477 g/mol. The number of aliphatic hydroxyl groups is 1. The van der Waals surface area contributed by atoms with Crippen molar-refractivity contribution in [2.75, 3.05) is 18.5 Å². The Bertz CT molecular complexity index is 1340. The minimum absolute atomic E-state index is 0.0219. The summed E-state index contributed by atoms with van der Waals surface area (Å²) >= 11 is 3.54. The third kappa shape index (κ3) is 3.71. The van der Waals surface area contributed by atoms with E-state index in [1.807, 2.05) is 42.6 Å². The Kier molecular flexibility index (Phi) is 5.21. The number of benzene rings is 2. The van der Waals surface area contributed by atoms with Crippen LogP contribution in [0.4, 0.5) is 11.4 Å². The maximum Gasteiger partial charge on any atom is 0.193 e. The Morgan fingerprint density at radius 2 is 2.06 bits per heavy atom. The minimum atomic E-state index is -0.0219. The second-order valence-electron chi connectivity index (χ2n) is 7.47. The number of aromatic nitrogens is 2. The highest BCUT2D eigenvalue weighted by molar-refractivity contribution is 9.10. The van der Waals surface area contributed by atoms with Gasteiger partial charge in [0.05, 0.1) is 34.6 Å². The van der Waals surface area contributed by atoms with Crippen molar-refractivity contribution in [1.82, 2.24) is 9.55 Å². The molecule has 0 fully saturated rings. The first kappa shape index (κ1) is 19.8. The highest BCUT2D eigenvalue weighted by Gasteiger charge is 2.22. The molecular formula is C24H20BrN3O3. The van der Waals surface area contributed by atoms with E-state index in [2.05, 4.69) is 30.8 Å². The fourth-order valence-corrected chi connectivity index (χ4v) is 4.29. The number of fused-ring (bicyclic) bond motifs is 2. The summed E-state index contributed by atoms with van der Waals surface area (Å²) in [5, 5.41) is 13.1. The zero-order chi connectivity index (χ0) is 21.4. The molecule has 4 aromatic rings. The summed E-state index contributed by atoms with van der Waals surface area (Å²) in [5.41, 5.74) is 5.19. The lowest BCUT2D eigenvalue weighted by Crippen LogP contribution is -2.19. The highest BCUT2D eigenvalue weighted by Crippen LogP contribution is 2.39. The van der Waals surface area contributed by atoms with E-state index in [-0.39, 0.29) is 12.0 Å². The smallest absolute Gasteiger partial charge is 0.193 e. The summed E-state index contributed by atoms with van der Waals surface area (Å²) < 4.78 is 8.86. The number of aliphatic hydroxyl groups excluding tert-OH is 1. The fourth-order valence-electron chi connectivity index (χ4n) is 3.93. The van der Waals surface area contributed by atoms with Crippen molar-refractivity contribution in [2.45, 2.75) is 12.8 Å². The molecule has 2 aromatic heterocycles. The number of nitrogens with zero attached hydrogens (tertiary/aromatic N) is 2. The lowest BCUT2D eigenvalue weighted by atomic mass is 10.0. The molecule has 0 radical (unpaired) electrons. The number of anilines is 2. The zero-order valence-corrected chi connectivity index (χ0v) is 18.2. The Morgan fingerprint density at radius 3 is 2.87 bits per heavy atom. The topological polar surface area (TPSA) is 76.4 Å². The molecule has 0 atom stereocenters. The zero-order valence-electron chi connectivity index (χ0n) is 16.6. The standard InChI is InChI=1S/C24H20BrN3O3/c25-17-4-5-22-20(10-17)27-21-12-18(31-8-2-7-29)11-19-23(21)28(22)14-16(24(19)30)9-15-3-1-6-26-13-15/h1,3-6,10-14,27,29H,2,7-9H2. The van der Waals surface area contributed by atoms with Crippen LogP contribution in [0.2, 0.25) is 0 Å². The molecule has 0 spiro atoms. The normalized spacial score (nSPS) is 11.8. The van der Waals surface area contributed by atoms with Crippen LogP contribution < -0.4 is 15.5 Å². The molecule has 7 heteroatoms. The molecule has 0 aliphatic carbocycles. The molecule has 2 aromatic carbocycles. The molecule has 3 heterocycles. The molecular weight excluding hydrogens is 458 g/mol. The van der Waals surface area contributed by atoms with Gasteiger partial charge in [-0.2, -0.15) is 0 Å². The number of pyridine rings is 2. The van der Waals surface area contributed by atoms with Crippen LogP contribution in [0.3, 0.4) is 0 Å². The van der Waals surface area contributed by atoms with Gasteiger partial charge in [-0.25, -0.2) is 0 Å². The Hall–Kier alpha value is -3.16. The van der Waals surface area contributed by atoms with E-state index < -0.39 is 0 Å². The van der Waals surface area contributed by atoms with Crippen LogP contribution in [0, 0.1) is 0 Å². The van der Waals surface area contributed by atoms with Gasteiger partial charge in [-0.05, 0) is 35.9 Å². The molecule has 0 saturated heterocycles. The number of hydrogen-bond donors (Lipinski definition) is 2. The lowest BCUT2D eigenvalue weighted by Gasteiger charge is -2.26. The molecule has 0 bridgehead atoms. The first-order chi connectivity index (χ1) is 15.1. The van der Waals surface area contributed by atoms with Gasteiger partial charge in [0.1, 0.15) is 5.75 Å². The number of rotatable bonds is 6. The van der Waals surface area contributed by atoms with Gasteiger partial charge in [-0.1, -0.05) is 22.0 Å². The minimum Gasteiger partial charge on any atom is -0.493 e. The van der Waals surface area contributed by atoms with E-state index in [0.717, 1.165) is 32.6 Å². The lowest BCUT2D eigenvalue weighted by molar-refractivity contribution is 0.234. The van der Waals surface area contributed by atoms with Gasteiger partial charge >= 0.3 is 0 Å². The third-order valence-electron chi connectivity index (χ3n) is 5.32. The maximum absolute atomic E-state index is 13.5. The number of halogens is 1. The molecule has 0 saturated carbocycles. The first-order valence-corrected chi connectivity index (χ1v) is 10.8. The van der Waals surface area contributed by atoms with Crippen LogP contribution in [0.15, 0.2) is 70.3 Å².